The lowest BCUT2D eigenvalue weighted by molar-refractivity contribution is 0.00352. The van der Waals surface area contributed by atoms with Crippen LogP contribution in [0.15, 0.2) is 0 Å². The van der Waals surface area contributed by atoms with E-state index in [1.165, 1.54) is 0 Å². The monoisotopic (exact) mass is 266 g/mol. The fourth-order valence-corrected chi connectivity index (χ4v) is 2.46. The summed E-state index contributed by atoms with van der Waals surface area (Å²) in [4.78, 5) is 28.1. The fraction of sp³-hybridized carbons (Fsp3) is 0.538. The lowest BCUT2D eigenvalue weighted by Gasteiger charge is -2.33. The number of hydrogen-bond donors (Lipinski definition) is 2. The molecule has 0 saturated carbocycles. The Morgan fingerprint density at radius 2 is 2.11 bits per heavy atom. The molecular formula is C13H18N2O4. The minimum absolute atomic E-state index is 0.00299. The van der Waals surface area contributed by atoms with E-state index >= 15 is 0 Å². The summed E-state index contributed by atoms with van der Waals surface area (Å²) in [6.07, 6.45) is 0. The topological polar surface area (TPSA) is 82.6 Å². The number of carbonyl (C=O) groups excluding carboxylic acids is 1. The molecule has 0 radical (unpaired) electrons. The van der Waals surface area contributed by atoms with Crippen LogP contribution in [0.2, 0.25) is 0 Å². The summed E-state index contributed by atoms with van der Waals surface area (Å²) in [5.41, 5.74) is 1.64. The quantitative estimate of drug-likeness (QED) is 0.842. The molecule has 2 N–H and O–H groups in total. The molecular weight excluding hydrogens is 248 g/mol. The maximum atomic E-state index is 12.5. The average molecular weight is 266 g/mol. The number of nitrogens with zero attached hydrogens (tertiary/aromatic N) is 1. The molecule has 104 valence electrons. The maximum absolute atomic E-state index is 12.5. The van der Waals surface area contributed by atoms with Crippen molar-refractivity contribution in [2.45, 2.75) is 26.8 Å². The van der Waals surface area contributed by atoms with Gasteiger partial charge in [-0.05, 0) is 26.3 Å². The highest BCUT2D eigenvalue weighted by Gasteiger charge is 2.29. The second-order valence-corrected chi connectivity index (χ2v) is 4.85. The Bertz CT molecular complexity index is 521. The Kier molecular flexibility index (Phi) is 3.61. The first-order chi connectivity index (χ1) is 8.93. The van der Waals surface area contributed by atoms with Gasteiger partial charge in [-0.15, -0.1) is 0 Å². The predicted molar refractivity (Wildman–Crippen MR) is 68.5 cm³/mol. The van der Waals surface area contributed by atoms with Gasteiger partial charge in [-0.2, -0.15) is 0 Å². The third-order valence-electron chi connectivity index (χ3n) is 3.49. The molecule has 0 aromatic carbocycles. The van der Waals surface area contributed by atoms with E-state index in [0.29, 0.717) is 36.6 Å². The Labute approximate surface area is 111 Å². The van der Waals surface area contributed by atoms with Crippen LogP contribution in [0.25, 0.3) is 0 Å². The number of aryl methyl sites for hydroxylation is 1. The van der Waals surface area contributed by atoms with Gasteiger partial charge in [-0.1, -0.05) is 0 Å². The van der Waals surface area contributed by atoms with Crippen molar-refractivity contribution in [3.05, 3.63) is 22.5 Å². The molecule has 0 spiro atoms. The number of ether oxygens (including phenoxy) is 1. The molecule has 1 saturated heterocycles. The minimum atomic E-state index is -1.05. The molecule has 1 unspecified atom stereocenters. The van der Waals surface area contributed by atoms with Crippen LogP contribution in [0.3, 0.4) is 0 Å². The average Bonchev–Trinajstić information content (AvgIpc) is 2.65. The number of H-pyrrole nitrogens is 1. The van der Waals surface area contributed by atoms with Crippen molar-refractivity contribution < 1.29 is 19.4 Å². The number of aromatic carboxylic acids is 1. The summed E-state index contributed by atoms with van der Waals surface area (Å²) in [6.45, 7) is 6.87. The Morgan fingerprint density at radius 1 is 1.42 bits per heavy atom. The van der Waals surface area contributed by atoms with E-state index in [4.69, 9.17) is 9.84 Å². The highest BCUT2D eigenvalue weighted by atomic mass is 16.5. The van der Waals surface area contributed by atoms with Crippen molar-refractivity contribution in [1.29, 1.82) is 0 Å². The molecule has 6 heteroatoms. The molecule has 1 aromatic rings. The summed E-state index contributed by atoms with van der Waals surface area (Å²) in [7, 11) is 0. The van der Waals surface area contributed by atoms with Crippen molar-refractivity contribution in [3.8, 4) is 0 Å². The first-order valence-corrected chi connectivity index (χ1v) is 6.24. The van der Waals surface area contributed by atoms with Gasteiger partial charge in [0.1, 0.15) is 5.69 Å². The molecule has 19 heavy (non-hydrogen) atoms. The van der Waals surface area contributed by atoms with Crippen LogP contribution in [-0.2, 0) is 4.74 Å². The molecule has 1 aromatic heterocycles. The van der Waals surface area contributed by atoms with E-state index in [9.17, 15) is 9.59 Å². The molecule has 1 atom stereocenters. The first kappa shape index (κ1) is 13.6. The Hall–Kier alpha value is -1.82. The summed E-state index contributed by atoms with van der Waals surface area (Å²) in [5.74, 6) is -1.18. The van der Waals surface area contributed by atoms with Gasteiger partial charge in [0.05, 0.1) is 24.8 Å². The van der Waals surface area contributed by atoms with Crippen LogP contribution in [0.4, 0.5) is 0 Å². The van der Waals surface area contributed by atoms with Crippen molar-refractivity contribution in [3.63, 3.8) is 0 Å². The molecule has 1 amide bonds. The third-order valence-corrected chi connectivity index (χ3v) is 3.49. The molecule has 6 nitrogen and oxygen atoms in total. The number of carboxylic acids is 1. The maximum Gasteiger partial charge on any atom is 0.352 e. The van der Waals surface area contributed by atoms with Gasteiger partial charge in [0.25, 0.3) is 5.91 Å². The molecule has 1 aliphatic rings. The number of amides is 1. The summed E-state index contributed by atoms with van der Waals surface area (Å²) < 4.78 is 5.31. The molecule has 1 fully saturated rings. The molecule has 2 heterocycles. The zero-order valence-electron chi connectivity index (χ0n) is 11.3. The van der Waals surface area contributed by atoms with Crippen LogP contribution in [-0.4, -0.2) is 52.7 Å². The van der Waals surface area contributed by atoms with Crippen LogP contribution >= 0.6 is 0 Å². The van der Waals surface area contributed by atoms with Crippen LogP contribution in [0.1, 0.15) is 39.0 Å². The lowest BCUT2D eigenvalue weighted by Crippen LogP contribution is -2.47. The number of carboxylic acid groups (broad SMARTS) is 1. The highest BCUT2D eigenvalue weighted by Crippen LogP contribution is 2.21. The molecule has 2 rings (SSSR count). The van der Waals surface area contributed by atoms with Gasteiger partial charge in [0.2, 0.25) is 0 Å². The lowest BCUT2D eigenvalue weighted by atomic mass is 10.1. The van der Waals surface area contributed by atoms with Crippen molar-refractivity contribution in [2.24, 2.45) is 0 Å². The van der Waals surface area contributed by atoms with E-state index < -0.39 is 5.97 Å². The van der Waals surface area contributed by atoms with E-state index in [1.807, 2.05) is 6.92 Å². The second-order valence-electron chi connectivity index (χ2n) is 4.85. The van der Waals surface area contributed by atoms with Crippen molar-refractivity contribution in [1.82, 2.24) is 9.88 Å². The SMILES string of the molecule is Cc1[nH]c(C(=O)O)c(C)c1C(=O)N1CCOCC1C. The molecule has 1 aliphatic heterocycles. The smallest absolute Gasteiger partial charge is 0.352 e. The number of aromatic amines is 1. The zero-order valence-corrected chi connectivity index (χ0v) is 11.3. The number of rotatable bonds is 2. The number of aromatic nitrogens is 1. The Balaban J connectivity index is 2.36. The summed E-state index contributed by atoms with van der Waals surface area (Å²) >= 11 is 0. The zero-order chi connectivity index (χ0) is 14.2. The van der Waals surface area contributed by atoms with Gasteiger partial charge < -0.3 is 19.7 Å². The predicted octanol–water partition coefficient (Wildman–Crippen LogP) is 1.19. The van der Waals surface area contributed by atoms with Crippen LogP contribution < -0.4 is 0 Å². The van der Waals surface area contributed by atoms with Gasteiger partial charge in [-0.3, -0.25) is 4.79 Å². The van der Waals surface area contributed by atoms with E-state index in [2.05, 4.69) is 4.98 Å². The number of nitrogens with one attached hydrogen (secondary N) is 1. The summed E-state index contributed by atoms with van der Waals surface area (Å²) in [6, 6.07) is 0.00299. The van der Waals surface area contributed by atoms with Gasteiger partial charge >= 0.3 is 5.97 Å². The van der Waals surface area contributed by atoms with Crippen LogP contribution in [0, 0.1) is 13.8 Å². The first-order valence-electron chi connectivity index (χ1n) is 6.24. The largest absolute Gasteiger partial charge is 0.477 e. The van der Waals surface area contributed by atoms with Crippen molar-refractivity contribution in [2.75, 3.05) is 19.8 Å². The standard InChI is InChI=1S/C13H18N2O4/c1-7-6-19-5-4-15(7)12(16)10-8(2)11(13(17)18)14-9(10)3/h7,14H,4-6H2,1-3H3,(H,17,18). The Morgan fingerprint density at radius 3 is 2.63 bits per heavy atom. The van der Waals surface area contributed by atoms with Gasteiger partial charge in [0, 0.05) is 12.2 Å². The molecule has 0 aliphatic carbocycles. The fourth-order valence-electron chi connectivity index (χ4n) is 2.46. The minimum Gasteiger partial charge on any atom is -0.477 e. The van der Waals surface area contributed by atoms with Crippen LogP contribution in [0.5, 0.6) is 0 Å². The van der Waals surface area contributed by atoms with Gasteiger partial charge in [-0.25, -0.2) is 4.79 Å². The van der Waals surface area contributed by atoms with E-state index in [-0.39, 0.29) is 17.6 Å². The van der Waals surface area contributed by atoms with Crippen molar-refractivity contribution >= 4 is 11.9 Å². The number of carbonyl (C=O) groups is 2. The normalized spacial score (nSPS) is 19.5. The summed E-state index contributed by atoms with van der Waals surface area (Å²) in [5, 5.41) is 9.07. The second kappa shape index (κ2) is 5.05. The molecule has 0 bridgehead atoms. The number of morpholine rings is 1. The highest BCUT2D eigenvalue weighted by molar-refractivity contribution is 6.01. The third kappa shape index (κ3) is 2.35. The van der Waals surface area contributed by atoms with E-state index in [1.54, 1.807) is 18.7 Å². The van der Waals surface area contributed by atoms with Gasteiger partial charge in [0.15, 0.2) is 0 Å². The number of hydrogen-bond acceptors (Lipinski definition) is 3. The van der Waals surface area contributed by atoms with E-state index in [0.717, 1.165) is 0 Å².